The summed E-state index contributed by atoms with van der Waals surface area (Å²) in [6.07, 6.45) is 10.1. The molecular weight excluding hydrogens is 396 g/mol. The Morgan fingerprint density at radius 1 is 1.17 bits per heavy atom. The Morgan fingerprint density at radius 3 is 2.73 bits per heavy atom. The van der Waals surface area contributed by atoms with E-state index in [9.17, 15) is 14.7 Å². The van der Waals surface area contributed by atoms with Crippen molar-refractivity contribution in [2.45, 2.75) is 64.3 Å². The van der Waals surface area contributed by atoms with Gasteiger partial charge in [-0.3, -0.25) is 9.78 Å². The van der Waals surface area contributed by atoms with Gasteiger partial charge >= 0.3 is 5.30 Å². The summed E-state index contributed by atoms with van der Waals surface area (Å²) >= 11 is 0.848. The number of carbonyl (C=O) groups is 2. The third kappa shape index (κ3) is 2.86. The Kier molecular flexibility index (Phi) is 4.77. The van der Waals surface area contributed by atoms with Gasteiger partial charge in [0.05, 0.1) is 0 Å². The summed E-state index contributed by atoms with van der Waals surface area (Å²) in [7, 11) is 0. The van der Waals surface area contributed by atoms with Gasteiger partial charge in [-0.25, -0.2) is 4.79 Å². The number of nitrogens with zero attached hydrogens (tertiary/aromatic N) is 1. The van der Waals surface area contributed by atoms with Gasteiger partial charge in [0.2, 0.25) is 5.91 Å². The molecule has 0 saturated heterocycles. The van der Waals surface area contributed by atoms with Crippen LogP contribution in [0.3, 0.4) is 0 Å². The Labute approximate surface area is 182 Å². The van der Waals surface area contributed by atoms with E-state index in [-0.39, 0.29) is 22.8 Å². The topological polar surface area (TPSA) is 79.3 Å². The number of rotatable bonds is 2. The summed E-state index contributed by atoms with van der Waals surface area (Å²) in [5.41, 5.74) is 1.19. The van der Waals surface area contributed by atoms with Crippen LogP contribution >= 0.6 is 11.8 Å². The van der Waals surface area contributed by atoms with E-state index < -0.39 is 5.30 Å². The molecule has 3 aliphatic carbocycles. The molecule has 5 rings (SSSR count). The summed E-state index contributed by atoms with van der Waals surface area (Å²) in [5.74, 6) is 1.98. The van der Waals surface area contributed by atoms with Gasteiger partial charge in [0.25, 0.3) is 0 Å². The lowest BCUT2D eigenvalue weighted by Crippen LogP contribution is -2.60. The lowest BCUT2D eigenvalue weighted by molar-refractivity contribution is -0.122. The molecule has 0 spiro atoms. The van der Waals surface area contributed by atoms with Crippen LogP contribution in [0.4, 0.5) is 4.79 Å². The number of nitrogens with one attached hydrogen (secondary N) is 1. The zero-order valence-electron chi connectivity index (χ0n) is 17.6. The fourth-order valence-electron chi connectivity index (χ4n) is 7.72. The monoisotopic (exact) mass is 426 g/mol. The van der Waals surface area contributed by atoms with Crippen LogP contribution in [0, 0.1) is 28.6 Å². The van der Waals surface area contributed by atoms with E-state index in [1.165, 1.54) is 18.5 Å². The third-order valence-electron chi connectivity index (χ3n) is 9.07. The molecule has 2 unspecified atom stereocenters. The van der Waals surface area contributed by atoms with Crippen molar-refractivity contribution in [3.63, 3.8) is 0 Å². The molecule has 5 nitrogen and oxygen atoms in total. The summed E-state index contributed by atoms with van der Waals surface area (Å²) < 4.78 is 0. The van der Waals surface area contributed by atoms with Crippen molar-refractivity contribution in [2.75, 3.05) is 0 Å². The Morgan fingerprint density at radius 2 is 2.00 bits per heavy atom. The van der Waals surface area contributed by atoms with Crippen LogP contribution in [0.15, 0.2) is 35.4 Å². The first-order valence-electron chi connectivity index (χ1n) is 11.2. The minimum Gasteiger partial charge on any atom is -0.473 e. The highest BCUT2D eigenvalue weighted by molar-refractivity contribution is 8.16. The van der Waals surface area contributed by atoms with E-state index in [0.717, 1.165) is 42.4 Å². The molecule has 3 saturated carbocycles. The molecule has 3 fully saturated rings. The maximum absolute atomic E-state index is 12.2. The van der Waals surface area contributed by atoms with Crippen LogP contribution in [-0.2, 0) is 4.79 Å². The highest BCUT2D eigenvalue weighted by atomic mass is 32.2. The van der Waals surface area contributed by atoms with E-state index >= 15 is 0 Å². The molecule has 0 bridgehead atoms. The van der Waals surface area contributed by atoms with Crippen molar-refractivity contribution in [2.24, 2.45) is 28.6 Å². The second kappa shape index (κ2) is 7.11. The van der Waals surface area contributed by atoms with Crippen molar-refractivity contribution in [1.29, 1.82) is 0 Å². The zero-order valence-corrected chi connectivity index (χ0v) is 18.5. The van der Waals surface area contributed by atoms with E-state index in [4.69, 9.17) is 4.98 Å². The minimum atomic E-state index is -0.922. The zero-order chi connectivity index (χ0) is 21.1. The van der Waals surface area contributed by atoms with Gasteiger partial charge in [0.15, 0.2) is 0 Å². The molecule has 2 heterocycles. The molecule has 0 aromatic carbocycles. The van der Waals surface area contributed by atoms with Crippen molar-refractivity contribution >= 4 is 23.0 Å². The van der Waals surface area contributed by atoms with Crippen molar-refractivity contribution in [3.8, 4) is 0 Å². The Bertz CT molecular complexity index is 903. The number of fused-ring (bicyclic) bond motifs is 5. The first kappa shape index (κ1) is 20.1. The van der Waals surface area contributed by atoms with Crippen molar-refractivity contribution < 1.29 is 14.7 Å². The molecule has 2 N–H and O–H groups in total. The molecule has 6 heteroatoms. The highest BCUT2D eigenvalue weighted by Crippen LogP contribution is 2.68. The number of aromatic nitrogens is 1. The summed E-state index contributed by atoms with van der Waals surface area (Å²) in [5, 5.41) is 11.7. The van der Waals surface area contributed by atoms with Gasteiger partial charge < -0.3 is 10.4 Å². The number of pyridine rings is 1. The first-order valence-corrected chi connectivity index (χ1v) is 12.0. The highest BCUT2D eigenvalue weighted by Gasteiger charge is 2.61. The average molecular weight is 427 g/mol. The summed E-state index contributed by atoms with van der Waals surface area (Å²) in [6.45, 7) is 4.68. The number of hydrogen-bond acceptors (Lipinski definition) is 4. The molecule has 1 amide bonds. The normalized spacial score (nSPS) is 42.4. The largest absolute Gasteiger partial charge is 0.473 e. The number of carboxylic acid groups (broad SMARTS) is 1. The number of carbonyl (C=O) groups excluding carboxylic acids is 1. The molecule has 1 aromatic rings. The molecule has 7 atom stereocenters. The van der Waals surface area contributed by atoms with E-state index in [0.29, 0.717) is 23.7 Å². The van der Waals surface area contributed by atoms with Gasteiger partial charge in [-0.2, -0.15) is 0 Å². The quantitative estimate of drug-likeness (QED) is 0.679. The Hall–Kier alpha value is -1.82. The fourth-order valence-corrected chi connectivity index (χ4v) is 8.59. The molecule has 160 valence electrons. The van der Waals surface area contributed by atoms with Gasteiger partial charge in [-0.1, -0.05) is 19.9 Å². The first-order chi connectivity index (χ1) is 14.3. The molecule has 1 aromatic heterocycles. The molecule has 30 heavy (non-hydrogen) atoms. The van der Waals surface area contributed by atoms with Crippen LogP contribution < -0.4 is 5.32 Å². The van der Waals surface area contributed by atoms with Gasteiger partial charge in [-0.15, -0.1) is 0 Å². The lowest BCUT2D eigenvalue weighted by atomic mass is 9.47. The van der Waals surface area contributed by atoms with E-state index in [1.807, 2.05) is 12.3 Å². The average Bonchev–Trinajstić information content (AvgIpc) is 3.06. The van der Waals surface area contributed by atoms with Crippen molar-refractivity contribution in [1.82, 2.24) is 10.3 Å². The van der Waals surface area contributed by atoms with Crippen LogP contribution in [0.2, 0.25) is 0 Å². The molecule has 1 aliphatic heterocycles. The van der Waals surface area contributed by atoms with Crippen LogP contribution in [-0.4, -0.2) is 27.3 Å². The van der Waals surface area contributed by atoms with Crippen molar-refractivity contribution in [3.05, 3.63) is 41.1 Å². The summed E-state index contributed by atoms with van der Waals surface area (Å²) in [6, 6.07) is 6.31. The molecule has 0 radical (unpaired) electrons. The van der Waals surface area contributed by atoms with Gasteiger partial charge in [-0.05, 0) is 85.6 Å². The predicted octanol–water partition coefficient (Wildman–Crippen LogP) is 5.20. The van der Waals surface area contributed by atoms with E-state index in [2.05, 4.69) is 31.3 Å². The van der Waals surface area contributed by atoms with Crippen LogP contribution in [0.5, 0.6) is 0 Å². The van der Waals surface area contributed by atoms with Gasteiger partial charge in [0.1, 0.15) is 0 Å². The maximum atomic E-state index is 12.2. The lowest BCUT2D eigenvalue weighted by Gasteiger charge is -2.60. The summed E-state index contributed by atoms with van der Waals surface area (Å²) in [4.78, 5) is 29.3. The smallest absolute Gasteiger partial charge is 0.369 e. The predicted molar refractivity (Wildman–Crippen MR) is 117 cm³/mol. The SMILES string of the molecule is C[C@]12C(SC(=O)O)=CC(=O)NC1CC[C@@H]1[C@H]2CC[C@]2(C)C(c3ccccn3)CC[C@@H]12. The maximum Gasteiger partial charge on any atom is 0.369 e. The number of amides is 1. The molecule has 4 aliphatic rings. The second-order valence-corrected chi connectivity index (χ2v) is 11.1. The minimum absolute atomic E-state index is 0.0375. The van der Waals surface area contributed by atoms with Crippen LogP contribution in [0.25, 0.3) is 0 Å². The standard InChI is InChI=1S/C24H30N2O3S/c1-23-11-10-16-14(15(23)7-8-17(23)18-5-3-4-12-25-18)6-9-19-24(16,2)20(30-22(28)29)13-21(27)26-19/h3-5,12-17,19H,6-11H2,1-2H3,(H,26,27)(H,28,29)/t14-,15-,16+,17?,19?,23-,24+/m0/s1. The molecular formula is C24H30N2O3S. The second-order valence-electron chi connectivity index (χ2n) is 10.1. The van der Waals surface area contributed by atoms with E-state index in [1.54, 1.807) is 6.08 Å². The number of thioether (sulfide) groups is 1. The Balaban J connectivity index is 1.49. The number of hydrogen-bond donors (Lipinski definition) is 2. The van der Waals surface area contributed by atoms with Gasteiger partial charge in [0, 0.05) is 40.2 Å². The fraction of sp³-hybridized carbons (Fsp3) is 0.625. The van der Waals surface area contributed by atoms with Crippen LogP contribution in [0.1, 0.15) is 64.0 Å². The third-order valence-corrected chi connectivity index (χ3v) is 10.0.